The number of esters is 1. The summed E-state index contributed by atoms with van der Waals surface area (Å²) in [7, 11) is 0. The first-order valence-electron chi connectivity index (χ1n) is 9.51. The van der Waals surface area contributed by atoms with E-state index < -0.39 is 30.1 Å². The van der Waals surface area contributed by atoms with Crippen molar-refractivity contribution in [3.05, 3.63) is 72.3 Å². The van der Waals surface area contributed by atoms with Crippen LogP contribution in [0.1, 0.15) is 12.3 Å². The third kappa shape index (κ3) is 6.91. The van der Waals surface area contributed by atoms with E-state index in [-0.39, 0.29) is 43.2 Å². The first kappa shape index (κ1) is 21.9. The fourth-order valence-electron chi connectivity index (χ4n) is 2.59. The van der Waals surface area contributed by atoms with Gasteiger partial charge in [0.2, 0.25) is 0 Å². The number of carbonyl (C=O) groups excluding carboxylic acids is 2. The Morgan fingerprint density at radius 1 is 1.10 bits per heavy atom. The van der Waals surface area contributed by atoms with Gasteiger partial charge < -0.3 is 19.2 Å². The molecule has 31 heavy (non-hydrogen) atoms. The first-order chi connectivity index (χ1) is 15.0. The Bertz CT molecular complexity index is 1020. The highest BCUT2D eigenvalue weighted by atomic mass is 19.1. The van der Waals surface area contributed by atoms with Gasteiger partial charge in [0, 0.05) is 12.5 Å². The zero-order chi connectivity index (χ0) is 22.1. The molecule has 1 aromatic heterocycles. The molecule has 0 atom stereocenters. The minimum absolute atomic E-state index is 0.0654. The maximum atomic E-state index is 13.8. The van der Waals surface area contributed by atoms with Crippen LogP contribution in [0.25, 0.3) is 11.3 Å². The summed E-state index contributed by atoms with van der Waals surface area (Å²) in [4.78, 5) is 27.5. The molecule has 7 nitrogen and oxygen atoms in total. The largest absolute Gasteiger partial charge is 0.492 e. The molecular weight excluding hydrogens is 410 g/mol. The van der Waals surface area contributed by atoms with Gasteiger partial charge in [-0.15, -0.1) is 0 Å². The van der Waals surface area contributed by atoms with Gasteiger partial charge in [-0.05, 0) is 24.3 Å². The lowest BCUT2D eigenvalue weighted by molar-refractivity contribution is -0.148. The number of halogens is 2. The lowest BCUT2D eigenvalue weighted by Crippen LogP contribution is -2.32. The second-order valence-corrected chi connectivity index (χ2v) is 6.41. The van der Waals surface area contributed by atoms with Crippen molar-refractivity contribution in [1.82, 2.24) is 10.3 Å². The molecule has 0 aliphatic carbocycles. The van der Waals surface area contributed by atoms with E-state index in [1.807, 2.05) is 18.2 Å². The molecule has 0 saturated carbocycles. The number of ether oxygens (including phenoxy) is 2. The number of nitrogens with zero attached hydrogens (tertiary/aromatic N) is 1. The molecule has 0 spiro atoms. The summed E-state index contributed by atoms with van der Waals surface area (Å²) in [5.74, 6) is -1.52. The summed E-state index contributed by atoms with van der Waals surface area (Å²) in [6, 6.07) is 12.3. The molecule has 0 bridgehead atoms. The fraction of sp³-hybridized carbons (Fsp3) is 0.227. The number of carbonyl (C=O) groups is 2. The van der Waals surface area contributed by atoms with Gasteiger partial charge >= 0.3 is 5.97 Å². The minimum atomic E-state index is -0.776. The summed E-state index contributed by atoms with van der Waals surface area (Å²) in [6.45, 7) is 0.136. The molecule has 9 heteroatoms. The average Bonchev–Trinajstić information content (AvgIpc) is 3.23. The molecule has 0 saturated heterocycles. The highest BCUT2D eigenvalue weighted by Crippen LogP contribution is 2.24. The van der Waals surface area contributed by atoms with Crippen molar-refractivity contribution in [3.63, 3.8) is 0 Å². The van der Waals surface area contributed by atoms with Crippen molar-refractivity contribution in [3.8, 4) is 17.1 Å². The molecule has 3 aromatic rings. The van der Waals surface area contributed by atoms with Gasteiger partial charge in [0.05, 0.1) is 24.7 Å². The van der Waals surface area contributed by atoms with Crippen molar-refractivity contribution in [1.29, 1.82) is 0 Å². The molecule has 0 fully saturated rings. The third-order valence-corrected chi connectivity index (χ3v) is 4.09. The second-order valence-electron chi connectivity index (χ2n) is 6.41. The van der Waals surface area contributed by atoms with E-state index in [4.69, 9.17) is 13.9 Å². The molecule has 1 amide bonds. The van der Waals surface area contributed by atoms with Crippen LogP contribution in [0.5, 0.6) is 5.75 Å². The maximum absolute atomic E-state index is 13.8. The zero-order valence-corrected chi connectivity index (χ0v) is 16.5. The predicted octanol–water partition coefficient (Wildman–Crippen LogP) is 3.29. The first-order valence-corrected chi connectivity index (χ1v) is 9.51. The molecule has 0 aliphatic heterocycles. The number of rotatable bonds is 10. The van der Waals surface area contributed by atoms with Crippen molar-refractivity contribution in [2.75, 3.05) is 19.8 Å². The Balaban J connectivity index is 1.34. The van der Waals surface area contributed by atoms with Crippen molar-refractivity contribution in [2.45, 2.75) is 12.8 Å². The molecule has 3 rings (SSSR count). The summed E-state index contributed by atoms with van der Waals surface area (Å²) < 4.78 is 42.5. The predicted molar refractivity (Wildman–Crippen MR) is 106 cm³/mol. The fourth-order valence-corrected chi connectivity index (χ4v) is 2.59. The number of oxazole rings is 1. The Morgan fingerprint density at radius 2 is 1.90 bits per heavy atom. The quantitative estimate of drug-likeness (QED) is 0.392. The summed E-state index contributed by atoms with van der Waals surface area (Å²) in [5, 5.41) is 2.58. The molecule has 1 N–H and O–H groups in total. The van der Waals surface area contributed by atoms with Crippen LogP contribution in [-0.4, -0.2) is 36.6 Å². The minimum Gasteiger partial charge on any atom is -0.492 e. The molecule has 1 heterocycles. The van der Waals surface area contributed by atoms with Crippen molar-refractivity contribution >= 4 is 11.9 Å². The van der Waals surface area contributed by atoms with E-state index >= 15 is 0 Å². The van der Waals surface area contributed by atoms with Gasteiger partial charge in [-0.2, -0.15) is 0 Å². The molecule has 2 aromatic carbocycles. The normalized spacial score (nSPS) is 10.5. The summed E-state index contributed by atoms with van der Waals surface area (Å²) >= 11 is 0. The van der Waals surface area contributed by atoms with Crippen LogP contribution in [-0.2, 0) is 20.7 Å². The van der Waals surface area contributed by atoms with Gasteiger partial charge in [0.1, 0.15) is 24.0 Å². The Kier molecular flexibility index (Phi) is 7.69. The van der Waals surface area contributed by atoms with Crippen LogP contribution < -0.4 is 10.1 Å². The van der Waals surface area contributed by atoms with E-state index in [0.29, 0.717) is 5.75 Å². The Labute approximate surface area is 177 Å². The van der Waals surface area contributed by atoms with Crippen LogP contribution in [0.2, 0.25) is 0 Å². The number of amides is 1. The highest BCUT2D eigenvalue weighted by Gasteiger charge is 2.14. The zero-order valence-electron chi connectivity index (χ0n) is 16.5. The number of aryl methyl sites for hydroxylation is 1. The summed E-state index contributed by atoms with van der Waals surface area (Å²) in [5.41, 5.74) is 0.0654. The van der Waals surface area contributed by atoms with Crippen LogP contribution in [0, 0.1) is 11.6 Å². The monoisotopic (exact) mass is 430 g/mol. The van der Waals surface area contributed by atoms with E-state index in [2.05, 4.69) is 10.3 Å². The standard InChI is InChI=1S/C22H20F2N2O5/c23-15-6-7-17(18(24)12-15)19-13-26-21(31-19)8-9-22(28)30-14-20(27)25-10-11-29-16-4-2-1-3-5-16/h1-7,12-13H,8-11,14H2,(H,25,27). The van der Waals surface area contributed by atoms with Crippen LogP contribution in [0.15, 0.2) is 59.1 Å². The molecule has 0 radical (unpaired) electrons. The van der Waals surface area contributed by atoms with Gasteiger partial charge in [-0.3, -0.25) is 9.59 Å². The molecule has 0 unspecified atom stereocenters. The topological polar surface area (TPSA) is 90.7 Å². The highest BCUT2D eigenvalue weighted by molar-refractivity contribution is 5.80. The van der Waals surface area contributed by atoms with Crippen LogP contribution in [0.4, 0.5) is 8.78 Å². The number of para-hydroxylation sites is 1. The van der Waals surface area contributed by atoms with Crippen LogP contribution >= 0.6 is 0 Å². The lowest BCUT2D eigenvalue weighted by Gasteiger charge is -2.08. The lowest BCUT2D eigenvalue weighted by atomic mass is 10.2. The smallest absolute Gasteiger partial charge is 0.306 e. The second kappa shape index (κ2) is 10.9. The van der Waals surface area contributed by atoms with E-state index in [0.717, 1.165) is 12.1 Å². The van der Waals surface area contributed by atoms with Gasteiger partial charge in [0.25, 0.3) is 5.91 Å². The Morgan fingerprint density at radius 3 is 2.68 bits per heavy atom. The van der Waals surface area contributed by atoms with Gasteiger partial charge in [-0.1, -0.05) is 18.2 Å². The number of hydrogen-bond donors (Lipinski definition) is 1. The van der Waals surface area contributed by atoms with E-state index in [1.54, 1.807) is 12.1 Å². The Hall–Kier alpha value is -3.75. The SMILES string of the molecule is O=C(COC(=O)CCc1ncc(-c2ccc(F)cc2F)o1)NCCOc1ccccc1. The maximum Gasteiger partial charge on any atom is 0.306 e. The third-order valence-electron chi connectivity index (χ3n) is 4.09. The van der Waals surface area contributed by atoms with Crippen molar-refractivity contribution < 1.29 is 32.3 Å². The van der Waals surface area contributed by atoms with Crippen molar-refractivity contribution in [2.24, 2.45) is 0 Å². The molecular formula is C22H20F2N2O5. The molecule has 0 aliphatic rings. The number of hydrogen-bond acceptors (Lipinski definition) is 6. The van der Waals surface area contributed by atoms with E-state index in [9.17, 15) is 18.4 Å². The summed E-state index contributed by atoms with van der Waals surface area (Å²) in [6.07, 6.45) is 1.33. The molecule has 162 valence electrons. The number of benzene rings is 2. The number of aromatic nitrogens is 1. The van der Waals surface area contributed by atoms with E-state index in [1.165, 1.54) is 12.3 Å². The van der Waals surface area contributed by atoms with Gasteiger partial charge in [-0.25, -0.2) is 13.8 Å². The number of nitrogens with one attached hydrogen (secondary N) is 1. The average molecular weight is 430 g/mol. The van der Waals surface area contributed by atoms with Crippen LogP contribution in [0.3, 0.4) is 0 Å². The van der Waals surface area contributed by atoms with Gasteiger partial charge in [0.15, 0.2) is 18.3 Å².